The van der Waals surface area contributed by atoms with Crippen LogP contribution in [-0.4, -0.2) is 61.6 Å². The van der Waals surface area contributed by atoms with Crippen LogP contribution in [0.1, 0.15) is 29.5 Å². The molecule has 8 nitrogen and oxygen atoms in total. The molecule has 1 aliphatic rings. The number of para-hydroxylation sites is 3. The minimum Gasteiger partial charge on any atom is -0.489 e. The molecule has 0 saturated carbocycles. The van der Waals surface area contributed by atoms with Crippen LogP contribution < -0.4 is 9.47 Å². The van der Waals surface area contributed by atoms with Gasteiger partial charge >= 0.3 is 0 Å². The van der Waals surface area contributed by atoms with Crippen LogP contribution in [-0.2, 0) is 6.54 Å². The summed E-state index contributed by atoms with van der Waals surface area (Å²) in [6, 6.07) is 22.6. The summed E-state index contributed by atoms with van der Waals surface area (Å²) in [4.78, 5) is 22.7. The fourth-order valence-electron chi connectivity index (χ4n) is 4.17. The Kier molecular flexibility index (Phi) is 9.77. The van der Waals surface area contributed by atoms with E-state index in [1.165, 1.54) is 0 Å². The van der Waals surface area contributed by atoms with Gasteiger partial charge in [0.2, 0.25) is 0 Å². The Morgan fingerprint density at radius 3 is 1.84 bits per heavy atom. The average Bonchev–Trinajstić information content (AvgIpc) is 2.91. The molecule has 0 aromatic heterocycles. The third-order valence-corrected chi connectivity index (χ3v) is 6.00. The van der Waals surface area contributed by atoms with Crippen LogP contribution >= 0.6 is 0 Å². The summed E-state index contributed by atoms with van der Waals surface area (Å²) in [7, 11) is 0. The van der Waals surface area contributed by atoms with Gasteiger partial charge in [-0.15, -0.1) is 0 Å². The van der Waals surface area contributed by atoms with Crippen molar-refractivity contribution in [3.63, 3.8) is 0 Å². The number of nitro benzene ring substituents is 1. The molecule has 0 atom stereocenters. The van der Waals surface area contributed by atoms with E-state index >= 15 is 0 Å². The maximum atomic E-state index is 11.5. The highest BCUT2D eigenvalue weighted by Gasteiger charge is 2.15. The van der Waals surface area contributed by atoms with Crippen LogP contribution in [0.5, 0.6) is 11.5 Å². The van der Waals surface area contributed by atoms with E-state index in [-0.39, 0.29) is 10.6 Å². The molecular formula is C29H32N4O4. The largest absolute Gasteiger partial charge is 0.489 e. The molecule has 0 bridgehead atoms. The minimum atomic E-state index is -0.312. The Morgan fingerprint density at radius 2 is 1.27 bits per heavy atom. The monoisotopic (exact) mass is 500 g/mol. The van der Waals surface area contributed by atoms with Gasteiger partial charge in [-0.25, -0.2) is 0 Å². The van der Waals surface area contributed by atoms with Gasteiger partial charge in [0, 0.05) is 67.9 Å². The first-order valence-corrected chi connectivity index (χ1v) is 12.6. The number of nitro groups is 1. The molecule has 1 aliphatic heterocycles. The smallest absolute Gasteiger partial charge is 0.273 e. The molecule has 0 fully saturated rings. The first-order chi connectivity index (χ1) is 18.2. The fourth-order valence-corrected chi connectivity index (χ4v) is 4.17. The number of aliphatic imine (C=N–C) groups is 2. The molecule has 3 aromatic rings. The Labute approximate surface area is 217 Å². The number of ether oxygens (including phenoxy) is 2. The Balaban J connectivity index is 1.50. The first-order valence-electron chi connectivity index (χ1n) is 12.6. The topological polar surface area (TPSA) is 89.6 Å². The van der Waals surface area contributed by atoms with Crippen molar-refractivity contribution < 1.29 is 14.4 Å². The van der Waals surface area contributed by atoms with E-state index in [1.807, 2.05) is 73.1 Å². The summed E-state index contributed by atoms with van der Waals surface area (Å²) < 4.78 is 11.9. The predicted octanol–water partition coefficient (Wildman–Crippen LogP) is 5.19. The average molecular weight is 501 g/mol. The fraction of sp³-hybridized carbons (Fsp3) is 0.310. The summed E-state index contributed by atoms with van der Waals surface area (Å²) in [6.07, 6.45) is 5.37. The molecule has 0 unspecified atom stereocenters. The Morgan fingerprint density at radius 1 is 0.757 bits per heavy atom. The summed E-state index contributed by atoms with van der Waals surface area (Å²) in [5.41, 5.74) is 2.71. The lowest BCUT2D eigenvalue weighted by molar-refractivity contribution is -0.385. The lowest BCUT2D eigenvalue weighted by atomic mass is 10.1. The van der Waals surface area contributed by atoms with E-state index < -0.39 is 0 Å². The number of rotatable bonds is 3. The zero-order valence-corrected chi connectivity index (χ0v) is 20.9. The highest BCUT2D eigenvalue weighted by Crippen LogP contribution is 2.21. The second kappa shape index (κ2) is 13.9. The van der Waals surface area contributed by atoms with E-state index in [0.717, 1.165) is 54.1 Å². The highest BCUT2D eigenvalue weighted by molar-refractivity contribution is 5.84. The van der Waals surface area contributed by atoms with Gasteiger partial charge in [0.05, 0.1) is 4.92 Å². The van der Waals surface area contributed by atoms with E-state index in [2.05, 4.69) is 14.9 Å². The van der Waals surface area contributed by atoms with E-state index in [4.69, 9.17) is 9.47 Å². The first kappa shape index (κ1) is 26.0. The number of nitrogens with zero attached hydrogens (tertiary/aromatic N) is 4. The van der Waals surface area contributed by atoms with Gasteiger partial charge in [-0.1, -0.05) is 42.5 Å². The summed E-state index contributed by atoms with van der Waals surface area (Å²) >= 11 is 0. The van der Waals surface area contributed by atoms with Crippen LogP contribution in [0.25, 0.3) is 0 Å². The molecule has 4 rings (SSSR count). The number of hydrogen-bond acceptors (Lipinski definition) is 7. The van der Waals surface area contributed by atoms with Crippen molar-refractivity contribution in [1.29, 1.82) is 0 Å². The van der Waals surface area contributed by atoms with E-state index in [9.17, 15) is 10.1 Å². The van der Waals surface area contributed by atoms with Gasteiger partial charge in [-0.05, 0) is 37.1 Å². The van der Waals surface area contributed by atoms with Crippen molar-refractivity contribution in [2.75, 3.05) is 39.4 Å². The normalized spacial score (nSPS) is 15.7. The number of hydrogen-bond donors (Lipinski definition) is 0. The SMILES string of the molecule is O=[N+]([O-])c1ccccc1CN1CCCN=Cc2ccccc2OCCOc2ccccc2C=NCCC1. The molecule has 0 saturated heterocycles. The molecule has 8 heteroatoms. The molecule has 0 aliphatic carbocycles. The Hall–Kier alpha value is -4.04. The standard InChI is InChI=1S/C29H32N4O4/c34-33(35)27-12-4-1-11-26(27)23-32-17-7-15-30-21-24-9-2-5-13-28(24)36-19-20-37-29-14-6-3-10-25(29)22-31-16-8-18-32/h1-6,9-14,21-22H,7-8,15-20,23H2. The molecule has 0 amide bonds. The molecule has 192 valence electrons. The molecule has 0 spiro atoms. The molecule has 0 radical (unpaired) electrons. The minimum absolute atomic E-state index is 0.155. The van der Waals surface area contributed by atoms with Crippen molar-refractivity contribution in [2.45, 2.75) is 19.4 Å². The second-order valence-electron chi connectivity index (χ2n) is 8.71. The van der Waals surface area contributed by atoms with Crippen molar-refractivity contribution in [3.05, 3.63) is 99.6 Å². The Bertz CT molecular complexity index is 1160. The number of benzene rings is 3. The second-order valence-corrected chi connectivity index (χ2v) is 8.71. The molecule has 0 N–H and O–H groups in total. The quantitative estimate of drug-likeness (QED) is 0.365. The van der Waals surface area contributed by atoms with Gasteiger partial charge in [-0.2, -0.15) is 0 Å². The van der Waals surface area contributed by atoms with Gasteiger partial charge < -0.3 is 9.47 Å². The highest BCUT2D eigenvalue weighted by atomic mass is 16.6. The van der Waals surface area contributed by atoms with Crippen LogP contribution in [0.4, 0.5) is 5.69 Å². The van der Waals surface area contributed by atoms with Crippen molar-refractivity contribution in [1.82, 2.24) is 4.90 Å². The zero-order chi connectivity index (χ0) is 25.7. The maximum Gasteiger partial charge on any atom is 0.273 e. The lowest BCUT2D eigenvalue weighted by Gasteiger charge is -2.21. The van der Waals surface area contributed by atoms with Gasteiger partial charge in [0.15, 0.2) is 0 Å². The molecule has 37 heavy (non-hydrogen) atoms. The van der Waals surface area contributed by atoms with E-state index in [0.29, 0.717) is 32.8 Å². The molecule has 3 aromatic carbocycles. The van der Waals surface area contributed by atoms with Crippen molar-refractivity contribution >= 4 is 18.1 Å². The van der Waals surface area contributed by atoms with Crippen LogP contribution in [0.3, 0.4) is 0 Å². The maximum absolute atomic E-state index is 11.5. The van der Waals surface area contributed by atoms with Crippen molar-refractivity contribution in [3.8, 4) is 11.5 Å². The zero-order valence-electron chi connectivity index (χ0n) is 20.9. The van der Waals surface area contributed by atoms with Gasteiger partial charge in [0.25, 0.3) is 5.69 Å². The summed E-state index contributed by atoms with van der Waals surface area (Å²) in [6.45, 7) is 4.20. The third-order valence-electron chi connectivity index (χ3n) is 6.00. The lowest BCUT2D eigenvalue weighted by Crippen LogP contribution is -2.27. The molecule has 1 heterocycles. The van der Waals surface area contributed by atoms with Crippen LogP contribution in [0, 0.1) is 10.1 Å². The van der Waals surface area contributed by atoms with Crippen molar-refractivity contribution in [2.24, 2.45) is 9.98 Å². The van der Waals surface area contributed by atoms with E-state index in [1.54, 1.807) is 12.1 Å². The molecular weight excluding hydrogens is 468 g/mol. The van der Waals surface area contributed by atoms with Crippen LogP contribution in [0.2, 0.25) is 0 Å². The number of fused-ring (bicyclic) bond motifs is 2. The predicted molar refractivity (Wildman–Crippen MR) is 146 cm³/mol. The van der Waals surface area contributed by atoms with Gasteiger partial charge in [0.1, 0.15) is 24.7 Å². The summed E-state index contributed by atoms with van der Waals surface area (Å²) in [5.74, 6) is 1.53. The summed E-state index contributed by atoms with van der Waals surface area (Å²) in [5, 5.41) is 11.5. The third kappa shape index (κ3) is 7.98. The van der Waals surface area contributed by atoms with Crippen LogP contribution in [0.15, 0.2) is 82.8 Å². The van der Waals surface area contributed by atoms with Gasteiger partial charge in [-0.3, -0.25) is 25.0 Å².